The van der Waals surface area contributed by atoms with Crippen molar-refractivity contribution in [3.05, 3.63) is 34.6 Å². The molecule has 3 nitrogen and oxygen atoms in total. The molecule has 3 unspecified atom stereocenters. The average Bonchev–Trinajstić information content (AvgIpc) is 2.90. The van der Waals surface area contributed by atoms with E-state index in [-0.39, 0.29) is 11.1 Å². The third-order valence-electron chi connectivity index (χ3n) is 4.27. The molecule has 2 aliphatic rings. The summed E-state index contributed by atoms with van der Waals surface area (Å²) in [6, 6.07) is 5.09. The predicted octanol–water partition coefficient (Wildman–Crippen LogP) is 2.25. The van der Waals surface area contributed by atoms with Crippen LogP contribution in [0.2, 0.25) is 5.02 Å². The molecule has 5 heteroatoms. The second-order valence-electron chi connectivity index (χ2n) is 5.68. The quantitative estimate of drug-likeness (QED) is 0.929. The summed E-state index contributed by atoms with van der Waals surface area (Å²) in [6.45, 7) is 2.58. The molecule has 0 aliphatic carbocycles. The summed E-state index contributed by atoms with van der Waals surface area (Å²) in [5, 5.41) is 10.4. The number of ether oxygens (including phenoxy) is 1. The van der Waals surface area contributed by atoms with Gasteiger partial charge in [-0.15, -0.1) is 0 Å². The lowest BCUT2D eigenvalue weighted by Gasteiger charge is -2.37. The first-order chi connectivity index (χ1) is 9.63. The molecule has 3 rings (SSSR count). The van der Waals surface area contributed by atoms with E-state index in [4.69, 9.17) is 16.3 Å². The topological polar surface area (TPSA) is 32.7 Å². The van der Waals surface area contributed by atoms with Crippen LogP contribution in [0.5, 0.6) is 0 Å². The van der Waals surface area contributed by atoms with Crippen molar-refractivity contribution in [1.82, 2.24) is 4.90 Å². The summed E-state index contributed by atoms with van der Waals surface area (Å²) in [5.41, 5.74) is 0.830. The van der Waals surface area contributed by atoms with Gasteiger partial charge in [0.05, 0.1) is 23.8 Å². The van der Waals surface area contributed by atoms with Gasteiger partial charge in [0.1, 0.15) is 5.82 Å². The van der Waals surface area contributed by atoms with Gasteiger partial charge in [-0.3, -0.25) is 4.90 Å². The minimum atomic E-state index is -0.585. The van der Waals surface area contributed by atoms with E-state index < -0.39 is 11.9 Å². The van der Waals surface area contributed by atoms with Crippen LogP contribution in [0.1, 0.15) is 18.4 Å². The molecular formula is C15H19ClFNO2. The van der Waals surface area contributed by atoms with E-state index in [0.717, 1.165) is 18.7 Å². The number of hydrogen-bond donors (Lipinski definition) is 1. The van der Waals surface area contributed by atoms with Crippen molar-refractivity contribution < 1.29 is 14.2 Å². The van der Waals surface area contributed by atoms with Crippen molar-refractivity contribution in [3.63, 3.8) is 0 Å². The smallest absolute Gasteiger partial charge is 0.141 e. The van der Waals surface area contributed by atoms with Crippen molar-refractivity contribution in [2.75, 3.05) is 19.7 Å². The van der Waals surface area contributed by atoms with Crippen molar-refractivity contribution in [3.8, 4) is 0 Å². The van der Waals surface area contributed by atoms with Gasteiger partial charge < -0.3 is 9.84 Å². The summed E-state index contributed by atoms with van der Waals surface area (Å²) in [4.78, 5) is 2.40. The maximum absolute atomic E-state index is 13.1. The average molecular weight is 300 g/mol. The number of rotatable bonds is 3. The van der Waals surface area contributed by atoms with Crippen LogP contribution in [0.3, 0.4) is 0 Å². The number of halogens is 2. The van der Waals surface area contributed by atoms with Crippen LogP contribution in [-0.2, 0) is 11.2 Å². The molecular weight excluding hydrogens is 281 g/mol. The van der Waals surface area contributed by atoms with Gasteiger partial charge in [-0.2, -0.15) is 0 Å². The van der Waals surface area contributed by atoms with Gasteiger partial charge in [-0.25, -0.2) is 4.39 Å². The van der Waals surface area contributed by atoms with Crippen LogP contribution in [0, 0.1) is 5.82 Å². The number of aliphatic hydroxyl groups excluding tert-OH is 1. The first-order valence-electron chi connectivity index (χ1n) is 7.11. The molecule has 3 atom stereocenters. The van der Waals surface area contributed by atoms with Gasteiger partial charge in [-0.1, -0.05) is 17.7 Å². The Kier molecular flexibility index (Phi) is 4.26. The van der Waals surface area contributed by atoms with Crippen molar-refractivity contribution in [2.24, 2.45) is 0 Å². The highest BCUT2D eigenvalue weighted by Crippen LogP contribution is 2.25. The summed E-state index contributed by atoms with van der Waals surface area (Å²) < 4.78 is 18.9. The lowest BCUT2D eigenvalue weighted by atomic mass is 10.0. The van der Waals surface area contributed by atoms with Crippen LogP contribution in [-0.4, -0.2) is 48.0 Å². The molecule has 1 aromatic carbocycles. The van der Waals surface area contributed by atoms with E-state index >= 15 is 0 Å². The summed E-state index contributed by atoms with van der Waals surface area (Å²) >= 11 is 5.76. The molecule has 0 saturated carbocycles. The van der Waals surface area contributed by atoms with Crippen molar-refractivity contribution in [1.29, 1.82) is 0 Å². The van der Waals surface area contributed by atoms with Gasteiger partial charge in [0.15, 0.2) is 0 Å². The minimum Gasteiger partial charge on any atom is -0.390 e. The maximum Gasteiger partial charge on any atom is 0.141 e. The fourth-order valence-corrected chi connectivity index (χ4v) is 3.32. The monoisotopic (exact) mass is 299 g/mol. The number of morpholine rings is 1. The van der Waals surface area contributed by atoms with Gasteiger partial charge in [-0.05, 0) is 37.1 Å². The molecule has 2 heterocycles. The Balaban J connectivity index is 1.61. The van der Waals surface area contributed by atoms with E-state index in [1.807, 2.05) is 0 Å². The Morgan fingerprint density at radius 2 is 2.35 bits per heavy atom. The van der Waals surface area contributed by atoms with Crippen LogP contribution in [0.15, 0.2) is 18.2 Å². The highest BCUT2D eigenvalue weighted by atomic mass is 35.5. The molecule has 2 fully saturated rings. The zero-order valence-corrected chi connectivity index (χ0v) is 12.0. The largest absolute Gasteiger partial charge is 0.390 e. The second kappa shape index (κ2) is 5.98. The lowest BCUT2D eigenvalue weighted by Crippen LogP contribution is -2.50. The second-order valence-corrected chi connectivity index (χ2v) is 6.09. The SMILES string of the molecule is OC(Cc1ccc(F)c(Cl)c1)C1CN2CCCC2CO1. The van der Waals surface area contributed by atoms with E-state index in [1.54, 1.807) is 12.1 Å². The zero-order chi connectivity index (χ0) is 14.1. The molecule has 1 N–H and O–H groups in total. The molecule has 2 aliphatic heterocycles. The number of hydrogen-bond acceptors (Lipinski definition) is 3. The lowest BCUT2D eigenvalue weighted by molar-refractivity contribution is -0.101. The van der Waals surface area contributed by atoms with E-state index in [1.165, 1.54) is 18.9 Å². The van der Waals surface area contributed by atoms with Crippen molar-refractivity contribution in [2.45, 2.75) is 37.5 Å². The third kappa shape index (κ3) is 2.98. The fraction of sp³-hybridized carbons (Fsp3) is 0.600. The maximum atomic E-state index is 13.1. The van der Waals surface area contributed by atoms with Crippen LogP contribution >= 0.6 is 11.6 Å². The molecule has 110 valence electrons. The Morgan fingerprint density at radius 3 is 3.15 bits per heavy atom. The highest BCUT2D eigenvalue weighted by molar-refractivity contribution is 6.30. The number of benzene rings is 1. The number of fused-ring (bicyclic) bond motifs is 1. The molecule has 0 spiro atoms. The molecule has 20 heavy (non-hydrogen) atoms. The molecule has 1 aromatic rings. The summed E-state index contributed by atoms with van der Waals surface area (Å²) in [5.74, 6) is -0.432. The molecule has 0 radical (unpaired) electrons. The van der Waals surface area contributed by atoms with E-state index in [9.17, 15) is 9.50 Å². The van der Waals surface area contributed by atoms with Gasteiger partial charge in [0.25, 0.3) is 0 Å². The fourth-order valence-electron chi connectivity index (χ4n) is 3.12. The third-order valence-corrected chi connectivity index (χ3v) is 4.56. The predicted molar refractivity (Wildman–Crippen MR) is 75.5 cm³/mol. The van der Waals surface area contributed by atoms with Crippen LogP contribution < -0.4 is 0 Å². The van der Waals surface area contributed by atoms with E-state index in [0.29, 0.717) is 19.1 Å². The Bertz CT molecular complexity index is 485. The number of nitrogens with zero attached hydrogens (tertiary/aromatic N) is 1. The molecule has 0 amide bonds. The Hall–Kier alpha value is -0.680. The summed E-state index contributed by atoms with van der Waals surface area (Å²) in [6.07, 6.45) is 2.08. The van der Waals surface area contributed by atoms with Crippen LogP contribution in [0.25, 0.3) is 0 Å². The van der Waals surface area contributed by atoms with Gasteiger partial charge >= 0.3 is 0 Å². The summed E-state index contributed by atoms with van der Waals surface area (Å²) in [7, 11) is 0. The van der Waals surface area contributed by atoms with Gasteiger partial charge in [0, 0.05) is 19.0 Å². The number of aliphatic hydroxyl groups is 1. The Morgan fingerprint density at radius 1 is 1.50 bits per heavy atom. The minimum absolute atomic E-state index is 0.0962. The first-order valence-corrected chi connectivity index (χ1v) is 7.49. The molecule has 2 saturated heterocycles. The first kappa shape index (κ1) is 14.3. The standard InChI is InChI=1S/C15H19ClFNO2/c16-12-6-10(3-4-13(12)17)7-14(19)15-8-18-5-1-2-11(18)9-20-15/h3-4,6,11,14-15,19H,1-2,5,7-9H2. The van der Waals surface area contributed by atoms with Crippen molar-refractivity contribution >= 4 is 11.6 Å². The zero-order valence-electron chi connectivity index (χ0n) is 11.3. The Labute approximate surface area is 123 Å². The van der Waals surface area contributed by atoms with E-state index in [2.05, 4.69) is 4.90 Å². The molecule has 0 aromatic heterocycles. The molecule has 0 bridgehead atoms. The highest BCUT2D eigenvalue weighted by Gasteiger charge is 2.35. The normalized spacial score (nSPS) is 28.4. The van der Waals surface area contributed by atoms with Crippen LogP contribution in [0.4, 0.5) is 4.39 Å². The van der Waals surface area contributed by atoms with Gasteiger partial charge in [0.2, 0.25) is 0 Å².